The summed E-state index contributed by atoms with van der Waals surface area (Å²) in [6.07, 6.45) is -0.605. The maximum atomic E-state index is 11.2. The molecule has 0 radical (unpaired) electrons. The van der Waals surface area contributed by atoms with Crippen molar-refractivity contribution in [2.45, 2.75) is 18.9 Å². The predicted octanol–water partition coefficient (Wildman–Crippen LogP) is -9.73. The molecule has 23 heavy (non-hydrogen) atoms. The van der Waals surface area contributed by atoms with Crippen LogP contribution in [0.15, 0.2) is 29.3 Å². The van der Waals surface area contributed by atoms with Gasteiger partial charge in [0.1, 0.15) is 0 Å². The molecule has 0 heterocycles. The van der Waals surface area contributed by atoms with E-state index in [1.807, 2.05) is 0 Å². The van der Waals surface area contributed by atoms with Crippen molar-refractivity contribution in [3.63, 3.8) is 0 Å². The van der Waals surface area contributed by atoms with Crippen LogP contribution < -0.4 is 74.8 Å². The Labute approximate surface area is 177 Å². The van der Waals surface area contributed by atoms with Gasteiger partial charge in [-0.2, -0.15) is 0 Å². The average Bonchev–Trinajstić information content (AvgIpc) is 2.37. The number of aliphatic imine (C=N–C) groups is 1. The van der Waals surface area contributed by atoms with E-state index in [0.717, 1.165) is 6.92 Å². The minimum atomic E-state index is -2.72. The Hall–Kier alpha value is -0.385. The van der Waals surface area contributed by atoms with E-state index in [1.165, 1.54) is 24.3 Å². The number of aliphatic carboxylic acids is 2. The van der Waals surface area contributed by atoms with Gasteiger partial charge in [-0.1, -0.05) is 24.3 Å². The molecule has 0 aliphatic heterocycles. The fourth-order valence-corrected chi connectivity index (χ4v) is 1.74. The molecule has 0 amide bonds. The SMILES string of the molecule is CC([O-])=NC(Cc1ccc(B(O)O)cc1)(C(=O)[O-])C(=O)O.[Na+].[Na+]. The molecule has 0 fully saturated rings. The first-order valence-electron chi connectivity index (χ1n) is 5.82. The standard InChI is InChI=1S/C12H14BNO7.2Na/c1-7(15)14-12(10(16)17,11(18)19)6-8-2-4-9(5-3-8)13(20)21;;/h2-5,20-21H,6H2,1H3,(H,14,15)(H,16,17)(H,18,19);;/q;2*+1/p-2. The maximum absolute atomic E-state index is 11.2. The predicted molar refractivity (Wildman–Crippen MR) is 68.5 cm³/mol. The monoisotopic (exact) mass is 339 g/mol. The number of rotatable bonds is 6. The normalized spacial score (nSPS) is 13.1. The van der Waals surface area contributed by atoms with Gasteiger partial charge in [-0.05, 0) is 23.8 Å². The molecule has 1 rings (SSSR count). The summed E-state index contributed by atoms with van der Waals surface area (Å²) in [6, 6.07) is 5.20. The van der Waals surface area contributed by atoms with E-state index in [4.69, 9.17) is 15.2 Å². The van der Waals surface area contributed by atoms with Crippen molar-refractivity contribution in [1.82, 2.24) is 0 Å². The molecule has 112 valence electrons. The number of hydrogen-bond donors (Lipinski definition) is 3. The molecule has 1 unspecified atom stereocenters. The van der Waals surface area contributed by atoms with Gasteiger partial charge in [-0.25, -0.2) is 4.79 Å². The molecule has 0 spiro atoms. The first kappa shape index (κ1) is 24.9. The fraction of sp³-hybridized carbons (Fsp3) is 0.250. The Morgan fingerprint density at radius 2 is 1.65 bits per heavy atom. The number of hydrogen-bond acceptors (Lipinski definition) is 7. The summed E-state index contributed by atoms with van der Waals surface area (Å²) in [5.74, 6) is -4.77. The number of carbonyl (C=O) groups is 2. The second kappa shape index (κ2) is 10.5. The number of carbonyl (C=O) groups excluding carboxylic acids is 1. The Morgan fingerprint density at radius 1 is 1.17 bits per heavy atom. The largest absolute Gasteiger partial charge is 1.00 e. The van der Waals surface area contributed by atoms with Gasteiger partial charge in [0.2, 0.25) is 0 Å². The molecule has 0 saturated carbocycles. The van der Waals surface area contributed by atoms with Crippen molar-refractivity contribution in [2.75, 3.05) is 0 Å². The van der Waals surface area contributed by atoms with E-state index >= 15 is 0 Å². The van der Waals surface area contributed by atoms with Crippen molar-refractivity contribution < 1.29 is 94.1 Å². The first-order valence-corrected chi connectivity index (χ1v) is 5.82. The number of carboxylic acids is 2. The van der Waals surface area contributed by atoms with E-state index in [1.54, 1.807) is 0 Å². The second-order valence-electron chi connectivity index (χ2n) is 4.38. The van der Waals surface area contributed by atoms with Crippen molar-refractivity contribution in [3.05, 3.63) is 29.8 Å². The summed E-state index contributed by atoms with van der Waals surface area (Å²) in [4.78, 5) is 25.6. The summed E-state index contributed by atoms with van der Waals surface area (Å²) in [6.45, 7) is 0.936. The Bertz CT molecular complexity index is 559. The first-order chi connectivity index (χ1) is 9.69. The third-order valence-electron chi connectivity index (χ3n) is 2.78. The third kappa shape index (κ3) is 6.56. The minimum absolute atomic E-state index is 0. The van der Waals surface area contributed by atoms with Crippen molar-refractivity contribution >= 4 is 30.4 Å². The van der Waals surface area contributed by atoms with Crippen LogP contribution in [0.4, 0.5) is 0 Å². The molecule has 3 N–H and O–H groups in total. The van der Waals surface area contributed by atoms with Crippen LogP contribution >= 0.6 is 0 Å². The van der Waals surface area contributed by atoms with Crippen molar-refractivity contribution in [1.29, 1.82) is 0 Å². The van der Waals surface area contributed by atoms with E-state index in [-0.39, 0.29) is 70.1 Å². The number of nitrogens with zero attached hydrogens (tertiary/aromatic N) is 1. The average molecular weight is 339 g/mol. The maximum Gasteiger partial charge on any atom is 1.00 e. The summed E-state index contributed by atoms with van der Waals surface area (Å²) >= 11 is 0. The zero-order valence-electron chi connectivity index (χ0n) is 13.0. The van der Waals surface area contributed by atoms with Gasteiger partial charge in [-0.15, -0.1) is 0 Å². The van der Waals surface area contributed by atoms with Gasteiger partial charge in [0.05, 0.1) is 5.97 Å². The van der Waals surface area contributed by atoms with Gasteiger partial charge in [0.15, 0.2) is 5.54 Å². The fourth-order valence-electron chi connectivity index (χ4n) is 1.74. The van der Waals surface area contributed by atoms with E-state index in [9.17, 15) is 19.8 Å². The summed E-state index contributed by atoms with van der Waals surface area (Å²) < 4.78 is 0. The van der Waals surface area contributed by atoms with Crippen LogP contribution in [-0.2, 0) is 16.0 Å². The summed E-state index contributed by atoms with van der Waals surface area (Å²) in [5, 5.41) is 49.1. The van der Waals surface area contributed by atoms with Crippen LogP contribution in [0.3, 0.4) is 0 Å². The topological polar surface area (TPSA) is 153 Å². The van der Waals surface area contributed by atoms with Crippen LogP contribution in [0.2, 0.25) is 0 Å². The Balaban J connectivity index is 0. The van der Waals surface area contributed by atoms with Gasteiger partial charge in [0, 0.05) is 6.42 Å². The molecule has 11 heteroatoms. The quantitative estimate of drug-likeness (QED) is 0.201. The summed E-state index contributed by atoms with van der Waals surface area (Å²) in [7, 11) is -1.70. The van der Waals surface area contributed by atoms with Crippen LogP contribution in [0, 0.1) is 0 Å². The zero-order chi connectivity index (χ0) is 16.2. The molecule has 0 saturated heterocycles. The van der Waals surface area contributed by atoms with E-state index in [0.29, 0.717) is 0 Å². The van der Waals surface area contributed by atoms with E-state index in [2.05, 4.69) is 4.99 Å². The molecule has 1 aromatic carbocycles. The molecular weight excluding hydrogens is 327 g/mol. The number of carboxylic acid groups (broad SMARTS) is 2. The smallest absolute Gasteiger partial charge is 0.862 e. The van der Waals surface area contributed by atoms with Crippen LogP contribution in [0.1, 0.15) is 12.5 Å². The zero-order valence-corrected chi connectivity index (χ0v) is 17.0. The summed E-state index contributed by atoms with van der Waals surface area (Å²) in [5.41, 5.74) is -2.34. The van der Waals surface area contributed by atoms with E-state index < -0.39 is 36.9 Å². The molecule has 0 aliphatic rings. The number of benzene rings is 1. The van der Waals surface area contributed by atoms with Crippen molar-refractivity contribution in [2.24, 2.45) is 4.99 Å². The van der Waals surface area contributed by atoms with Gasteiger partial charge < -0.3 is 30.2 Å². The second-order valence-corrected chi connectivity index (χ2v) is 4.38. The molecule has 1 atom stereocenters. The van der Waals surface area contributed by atoms with Crippen molar-refractivity contribution in [3.8, 4) is 0 Å². The van der Waals surface area contributed by atoms with Gasteiger partial charge in [-0.3, -0.25) is 4.99 Å². The van der Waals surface area contributed by atoms with Gasteiger partial charge >= 0.3 is 72.2 Å². The molecule has 8 nitrogen and oxygen atoms in total. The molecule has 1 aromatic rings. The van der Waals surface area contributed by atoms with Gasteiger partial charge in [0.25, 0.3) is 0 Å². The molecule has 0 bridgehead atoms. The van der Waals surface area contributed by atoms with Crippen LogP contribution in [0.25, 0.3) is 0 Å². The molecule has 0 aromatic heterocycles. The Morgan fingerprint density at radius 3 is 1.96 bits per heavy atom. The minimum Gasteiger partial charge on any atom is -0.862 e. The van der Waals surface area contributed by atoms with Crippen LogP contribution in [0.5, 0.6) is 0 Å². The molecular formula is C12H12BNNa2O7. The Kier molecular flexibility index (Phi) is 11.3. The van der Waals surface area contributed by atoms with Crippen LogP contribution in [-0.4, -0.2) is 45.6 Å². The third-order valence-corrected chi connectivity index (χ3v) is 2.78. The molecule has 0 aliphatic carbocycles.